The number of nitriles is 1. The van der Waals surface area contributed by atoms with Crippen LogP contribution in [0.1, 0.15) is 5.69 Å². The van der Waals surface area contributed by atoms with Gasteiger partial charge >= 0.3 is 0 Å². The highest BCUT2D eigenvalue weighted by molar-refractivity contribution is 5.86. The molecule has 1 heterocycles. The first-order valence-electron chi connectivity index (χ1n) is 5.23. The molecule has 0 spiro atoms. The Morgan fingerprint density at radius 3 is 2.59 bits per heavy atom. The van der Waals surface area contributed by atoms with E-state index in [1.165, 1.54) is 5.39 Å². The molecule has 3 nitrogen and oxygen atoms in total. The highest BCUT2D eigenvalue weighted by atomic mass is 16.5. The third-order valence-corrected chi connectivity index (χ3v) is 2.66. The quantitative estimate of drug-likeness (QED) is 0.631. The summed E-state index contributed by atoms with van der Waals surface area (Å²) in [4.78, 5) is 0. The first-order chi connectivity index (χ1) is 8.36. The number of rotatable bonds is 1. The van der Waals surface area contributed by atoms with Crippen LogP contribution in [0.3, 0.4) is 0 Å². The SMILES string of the molecule is N#Cc1cc(-c2ccc3ccccc3c2)on1. The van der Waals surface area contributed by atoms with Crippen LogP contribution >= 0.6 is 0 Å². The van der Waals surface area contributed by atoms with E-state index in [2.05, 4.69) is 11.2 Å². The van der Waals surface area contributed by atoms with Gasteiger partial charge in [0.05, 0.1) is 0 Å². The summed E-state index contributed by atoms with van der Waals surface area (Å²) in [5.41, 5.74) is 1.23. The van der Waals surface area contributed by atoms with Crippen molar-refractivity contribution in [2.75, 3.05) is 0 Å². The average Bonchev–Trinajstić information content (AvgIpc) is 2.87. The van der Waals surface area contributed by atoms with Crippen molar-refractivity contribution >= 4 is 10.8 Å². The Kier molecular flexibility index (Phi) is 2.13. The van der Waals surface area contributed by atoms with Gasteiger partial charge in [0.1, 0.15) is 6.07 Å². The van der Waals surface area contributed by atoms with Crippen LogP contribution < -0.4 is 0 Å². The largest absolute Gasteiger partial charge is 0.355 e. The molecule has 0 radical (unpaired) electrons. The Balaban J connectivity index is 2.15. The number of fused-ring (bicyclic) bond motifs is 1. The van der Waals surface area contributed by atoms with Crippen LogP contribution in [0.25, 0.3) is 22.1 Å². The van der Waals surface area contributed by atoms with Gasteiger partial charge in [-0.05, 0) is 16.8 Å². The van der Waals surface area contributed by atoms with E-state index in [9.17, 15) is 0 Å². The van der Waals surface area contributed by atoms with Gasteiger partial charge in [-0.15, -0.1) is 0 Å². The topological polar surface area (TPSA) is 49.8 Å². The summed E-state index contributed by atoms with van der Waals surface area (Å²) in [5, 5.41) is 14.7. The van der Waals surface area contributed by atoms with E-state index in [1.54, 1.807) is 6.07 Å². The van der Waals surface area contributed by atoms with Gasteiger partial charge in [-0.2, -0.15) is 5.26 Å². The molecule has 0 aliphatic rings. The molecule has 3 aromatic rings. The van der Waals surface area contributed by atoms with Gasteiger partial charge in [0.15, 0.2) is 11.5 Å². The molecule has 0 bridgehead atoms. The minimum absolute atomic E-state index is 0.299. The lowest BCUT2D eigenvalue weighted by Gasteiger charge is -1.99. The molecule has 0 atom stereocenters. The van der Waals surface area contributed by atoms with Crippen molar-refractivity contribution < 1.29 is 4.52 Å². The Morgan fingerprint density at radius 1 is 1.00 bits per heavy atom. The minimum Gasteiger partial charge on any atom is -0.355 e. The fourth-order valence-electron chi connectivity index (χ4n) is 1.81. The highest BCUT2D eigenvalue weighted by Crippen LogP contribution is 2.24. The number of nitrogens with zero attached hydrogens (tertiary/aromatic N) is 2. The summed E-state index contributed by atoms with van der Waals surface area (Å²) in [5.74, 6) is 0.618. The zero-order chi connectivity index (χ0) is 11.7. The Labute approximate surface area is 97.9 Å². The van der Waals surface area contributed by atoms with Crippen LogP contribution in [0.2, 0.25) is 0 Å². The molecule has 0 aliphatic carbocycles. The molecule has 0 amide bonds. The molecule has 2 aromatic carbocycles. The molecule has 0 N–H and O–H groups in total. The lowest BCUT2D eigenvalue weighted by molar-refractivity contribution is 0.430. The van der Waals surface area contributed by atoms with E-state index in [0.29, 0.717) is 11.5 Å². The molecule has 0 saturated carbocycles. The van der Waals surface area contributed by atoms with Crippen LogP contribution in [0.15, 0.2) is 53.1 Å². The monoisotopic (exact) mass is 220 g/mol. The summed E-state index contributed by atoms with van der Waals surface area (Å²) < 4.78 is 5.12. The van der Waals surface area contributed by atoms with Crippen molar-refractivity contribution in [1.82, 2.24) is 5.16 Å². The Bertz CT molecular complexity index is 722. The molecule has 0 unspecified atom stereocenters. The predicted octanol–water partition coefficient (Wildman–Crippen LogP) is 3.37. The number of hydrogen-bond donors (Lipinski definition) is 0. The van der Waals surface area contributed by atoms with Gasteiger partial charge in [0.2, 0.25) is 0 Å². The van der Waals surface area contributed by atoms with Crippen molar-refractivity contribution in [3.63, 3.8) is 0 Å². The van der Waals surface area contributed by atoms with E-state index in [-0.39, 0.29) is 0 Å². The summed E-state index contributed by atoms with van der Waals surface area (Å²) in [6, 6.07) is 17.7. The maximum Gasteiger partial charge on any atom is 0.184 e. The van der Waals surface area contributed by atoms with Crippen LogP contribution in [0.4, 0.5) is 0 Å². The normalized spacial score (nSPS) is 10.3. The van der Waals surface area contributed by atoms with Crippen molar-refractivity contribution in [1.29, 1.82) is 5.26 Å². The lowest BCUT2D eigenvalue weighted by Crippen LogP contribution is -1.76. The second-order valence-corrected chi connectivity index (χ2v) is 3.75. The molecule has 17 heavy (non-hydrogen) atoms. The van der Waals surface area contributed by atoms with Gasteiger partial charge in [-0.1, -0.05) is 41.6 Å². The second kappa shape index (κ2) is 3.76. The van der Waals surface area contributed by atoms with Gasteiger partial charge in [-0.25, -0.2) is 0 Å². The van der Waals surface area contributed by atoms with Gasteiger partial charge in [-0.3, -0.25) is 0 Å². The first kappa shape index (κ1) is 9.61. The predicted molar refractivity (Wildman–Crippen MR) is 64.2 cm³/mol. The summed E-state index contributed by atoms with van der Waals surface area (Å²) >= 11 is 0. The van der Waals surface area contributed by atoms with E-state index in [0.717, 1.165) is 10.9 Å². The molecular formula is C14H8N2O. The molecule has 3 rings (SSSR count). The van der Waals surface area contributed by atoms with Crippen LogP contribution in [0, 0.1) is 11.3 Å². The van der Waals surface area contributed by atoms with Gasteiger partial charge in [0.25, 0.3) is 0 Å². The van der Waals surface area contributed by atoms with E-state index < -0.39 is 0 Å². The van der Waals surface area contributed by atoms with Gasteiger partial charge in [0, 0.05) is 11.6 Å². The molecule has 0 saturated heterocycles. The van der Waals surface area contributed by atoms with E-state index >= 15 is 0 Å². The second-order valence-electron chi connectivity index (χ2n) is 3.75. The molecular weight excluding hydrogens is 212 g/mol. The maximum atomic E-state index is 8.70. The maximum absolute atomic E-state index is 8.70. The summed E-state index contributed by atoms with van der Waals surface area (Å²) in [6.45, 7) is 0. The smallest absolute Gasteiger partial charge is 0.184 e. The standard InChI is InChI=1S/C14H8N2O/c15-9-13-8-14(17-16-13)12-6-5-10-3-1-2-4-11(10)7-12/h1-8H. The molecule has 0 fully saturated rings. The van der Waals surface area contributed by atoms with Crippen molar-refractivity contribution in [3.05, 3.63) is 54.2 Å². The summed E-state index contributed by atoms with van der Waals surface area (Å²) in [7, 11) is 0. The number of benzene rings is 2. The first-order valence-corrected chi connectivity index (χ1v) is 5.23. The zero-order valence-corrected chi connectivity index (χ0v) is 8.92. The number of aromatic nitrogens is 1. The zero-order valence-electron chi connectivity index (χ0n) is 8.92. The minimum atomic E-state index is 0.299. The van der Waals surface area contributed by atoms with Crippen molar-refractivity contribution in [2.24, 2.45) is 0 Å². The molecule has 0 aliphatic heterocycles. The van der Waals surface area contributed by atoms with Crippen LogP contribution in [-0.2, 0) is 0 Å². The fraction of sp³-hybridized carbons (Fsp3) is 0. The highest BCUT2D eigenvalue weighted by Gasteiger charge is 2.06. The third-order valence-electron chi connectivity index (χ3n) is 2.66. The number of hydrogen-bond acceptors (Lipinski definition) is 3. The molecule has 3 heteroatoms. The lowest BCUT2D eigenvalue weighted by atomic mass is 10.1. The Morgan fingerprint density at radius 2 is 1.82 bits per heavy atom. The third kappa shape index (κ3) is 1.66. The molecule has 80 valence electrons. The van der Waals surface area contributed by atoms with Gasteiger partial charge < -0.3 is 4.52 Å². The van der Waals surface area contributed by atoms with Crippen molar-refractivity contribution in [2.45, 2.75) is 0 Å². The summed E-state index contributed by atoms with van der Waals surface area (Å²) in [6.07, 6.45) is 0. The average molecular weight is 220 g/mol. The van der Waals surface area contributed by atoms with E-state index in [4.69, 9.17) is 9.78 Å². The Hall–Kier alpha value is -2.60. The van der Waals surface area contributed by atoms with Crippen LogP contribution in [-0.4, -0.2) is 5.16 Å². The van der Waals surface area contributed by atoms with Crippen molar-refractivity contribution in [3.8, 4) is 17.4 Å². The fourth-order valence-corrected chi connectivity index (χ4v) is 1.81. The molecule has 1 aromatic heterocycles. The van der Waals surface area contributed by atoms with Crippen LogP contribution in [0.5, 0.6) is 0 Å². The van der Waals surface area contributed by atoms with E-state index in [1.807, 2.05) is 42.5 Å².